The fourth-order valence-corrected chi connectivity index (χ4v) is 6.91. The van der Waals surface area contributed by atoms with Crippen molar-refractivity contribution in [2.75, 3.05) is 6.54 Å². The smallest absolute Gasteiger partial charge is 0.222 e. The molecule has 1 fully saturated rings. The Morgan fingerprint density at radius 2 is 1.63 bits per heavy atom. The van der Waals surface area contributed by atoms with Gasteiger partial charge in [0, 0.05) is 37.5 Å². The van der Waals surface area contributed by atoms with Gasteiger partial charge in [-0.2, -0.15) is 5.26 Å². The van der Waals surface area contributed by atoms with Gasteiger partial charge in [0.15, 0.2) is 8.32 Å². The molecule has 0 aliphatic carbocycles. The molecule has 0 saturated carbocycles. The minimum absolute atomic E-state index is 0.123. The molecule has 0 spiro atoms. The summed E-state index contributed by atoms with van der Waals surface area (Å²) >= 11 is 0. The number of amides is 1. The molecule has 5 heteroatoms. The van der Waals surface area contributed by atoms with E-state index in [-0.39, 0.29) is 29.0 Å². The van der Waals surface area contributed by atoms with E-state index >= 15 is 0 Å². The van der Waals surface area contributed by atoms with Gasteiger partial charge in [-0.25, -0.2) is 0 Å². The normalized spacial score (nSPS) is 17.9. The zero-order valence-corrected chi connectivity index (χ0v) is 25.5. The first kappa shape index (κ1) is 30.1. The molecule has 0 aromatic heterocycles. The Kier molecular flexibility index (Phi) is 10.8. The van der Waals surface area contributed by atoms with E-state index in [0.29, 0.717) is 12.8 Å². The van der Waals surface area contributed by atoms with Crippen LogP contribution >= 0.6 is 0 Å². The van der Waals surface area contributed by atoms with Crippen molar-refractivity contribution < 1.29 is 9.22 Å². The van der Waals surface area contributed by atoms with Crippen LogP contribution in [0, 0.1) is 11.3 Å². The average Bonchev–Trinajstić information content (AvgIpc) is 3.24. The maximum absolute atomic E-state index is 13.0. The lowest BCUT2D eigenvalue weighted by molar-refractivity contribution is -0.129. The van der Waals surface area contributed by atoms with Crippen LogP contribution in [-0.2, 0) is 9.22 Å². The Bertz CT molecular complexity index is 1050. The van der Waals surface area contributed by atoms with Crippen molar-refractivity contribution in [3.8, 4) is 17.2 Å². The zero-order valence-electron chi connectivity index (χ0n) is 24.5. The van der Waals surface area contributed by atoms with Crippen LogP contribution in [-0.4, -0.2) is 37.8 Å². The van der Waals surface area contributed by atoms with Crippen LogP contribution in [0.3, 0.4) is 0 Å². The molecule has 2 aromatic rings. The van der Waals surface area contributed by atoms with E-state index < -0.39 is 8.32 Å². The van der Waals surface area contributed by atoms with Gasteiger partial charge < -0.3 is 9.33 Å². The monoisotopic (exact) mass is 532 g/mol. The molecule has 206 valence electrons. The number of hydrogen-bond donors (Lipinski definition) is 0. The summed E-state index contributed by atoms with van der Waals surface area (Å²) in [5.41, 5.74) is 3.74. The standard InChI is InChI=1S/C33H48N2O2Si/c1-26(37-38(5,6)33(2,3)4)25-30(29-19-17-28(18-20-29)27-15-11-10-12-16-27)31-21-22-32(36)35(31)24-14-9-7-8-13-23-34/h10-12,15-20,26,30-31H,7-9,13-14,21-22,24-25H2,1-6H3. The average molecular weight is 533 g/mol. The minimum Gasteiger partial charge on any atom is -0.414 e. The van der Waals surface area contributed by atoms with Crippen molar-refractivity contribution in [2.24, 2.45) is 0 Å². The third-order valence-electron chi connectivity index (χ3n) is 8.61. The Morgan fingerprint density at radius 3 is 2.26 bits per heavy atom. The molecule has 1 amide bonds. The Hall–Kier alpha value is -2.42. The fourth-order valence-electron chi connectivity index (χ4n) is 5.46. The number of nitrogens with zero attached hydrogens (tertiary/aromatic N) is 2. The second kappa shape index (κ2) is 13.6. The molecule has 38 heavy (non-hydrogen) atoms. The molecule has 0 bridgehead atoms. The van der Waals surface area contributed by atoms with Gasteiger partial charge in [0.25, 0.3) is 0 Å². The lowest BCUT2D eigenvalue weighted by atomic mass is 9.84. The Morgan fingerprint density at radius 1 is 1.00 bits per heavy atom. The SMILES string of the molecule is CC(CC(c1ccc(-c2ccccc2)cc1)C1CCC(=O)N1CCCCCCC#N)O[Si](C)(C)C(C)(C)C. The van der Waals surface area contributed by atoms with Gasteiger partial charge in [-0.3, -0.25) is 4.79 Å². The van der Waals surface area contributed by atoms with Gasteiger partial charge in [0.05, 0.1) is 6.07 Å². The molecule has 0 N–H and O–H groups in total. The number of carbonyl (C=O) groups excluding carboxylic acids is 1. The quantitative estimate of drug-likeness (QED) is 0.191. The van der Waals surface area contributed by atoms with Crippen LogP contribution in [0.4, 0.5) is 0 Å². The van der Waals surface area contributed by atoms with E-state index in [0.717, 1.165) is 45.1 Å². The lowest BCUT2D eigenvalue weighted by Crippen LogP contribution is -2.44. The number of rotatable bonds is 13. The highest BCUT2D eigenvalue weighted by molar-refractivity contribution is 6.74. The first-order chi connectivity index (χ1) is 18.0. The van der Waals surface area contributed by atoms with Crippen LogP contribution in [0.1, 0.15) is 90.5 Å². The number of likely N-dealkylation sites (tertiary alicyclic amines) is 1. The van der Waals surface area contributed by atoms with Crippen molar-refractivity contribution in [1.29, 1.82) is 5.26 Å². The molecule has 1 saturated heterocycles. The summed E-state index contributed by atoms with van der Waals surface area (Å²) in [6, 6.07) is 21.9. The number of unbranched alkanes of at least 4 members (excludes halogenated alkanes) is 4. The number of carbonyl (C=O) groups is 1. The second-order valence-corrected chi connectivity index (χ2v) is 17.3. The van der Waals surface area contributed by atoms with Crippen molar-refractivity contribution in [2.45, 2.75) is 115 Å². The first-order valence-electron chi connectivity index (χ1n) is 14.5. The predicted octanol–water partition coefficient (Wildman–Crippen LogP) is 8.70. The highest BCUT2D eigenvalue weighted by atomic mass is 28.4. The van der Waals surface area contributed by atoms with E-state index in [2.05, 4.69) is 100 Å². The summed E-state index contributed by atoms with van der Waals surface area (Å²) in [5.74, 6) is 0.528. The predicted molar refractivity (Wildman–Crippen MR) is 160 cm³/mol. The van der Waals surface area contributed by atoms with Gasteiger partial charge in [0.2, 0.25) is 5.91 Å². The summed E-state index contributed by atoms with van der Waals surface area (Å²) in [4.78, 5) is 15.2. The number of hydrogen-bond acceptors (Lipinski definition) is 3. The molecule has 2 aromatic carbocycles. The highest BCUT2D eigenvalue weighted by Crippen LogP contribution is 2.41. The number of nitriles is 1. The van der Waals surface area contributed by atoms with Crippen LogP contribution in [0.2, 0.25) is 18.1 Å². The maximum atomic E-state index is 13.0. The molecule has 1 aliphatic heterocycles. The van der Waals surface area contributed by atoms with Crippen LogP contribution in [0.5, 0.6) is 0 Å². The van der Waals surface area contributed by atoms with Crippen molar-refractivity contribution in [3.63, 3.8) is 0 Å². The molecule has 3 rings (SSSR count). The van der Waals surface area contributed by atoms with E-state index in [4.69, 9.17) is 9.69 Å². The van der Waals surface area contributed by atoms with E-state index in [9.17, 15) is 4.79 Å². The van der Waals surface area contributed by atoms with Crippen LogP contribution < -0.4 is 0 Å². The first-order valence-corrected chi connectivity index (χ1v) is 17.4. The van der Waals surface area contributed by atoms with Crippen molar-refractivity contribution in [1.82, 2.24) is 4.90 Å². The molecular weight excluding hydrogens is 484 g/mol. The molecule has 3 atom stereocenters. The second-order valence-electron chi connectivity index (χ2n) is 12.5. The fraction of sp³-hybridized carbons (Fsp3) is 0.576. The molecule has 4 nitrogen and oxygen atoms in total. The maximum Gasteiger partial charge on any atom is 0.222 e. The van der Waals surface area contributed by atoms with Gasteiger partial charge in [-0.15, -0.1) is 0 Å². The summed E-state index contributed by atoms with van der Waals surface area (Å²) in [5, 5.41) is 8.95. The van der Waals surface area contributed by atoms with Gasteiger partial charge >= 0.3 is 0 Å². The molecule has 1 aliphatic rings. The van der Waals surface area contributed by atoms with Gasteiger partial charge in [-0.1, -0.05) is 88.2 Å². The highest BCUT2D eigenvalue weighted by Gasteiger charge is 2.41. The summed E-state index contributed by atoms with van der Waals surface area (Å²) < 4.78 is 6.81. The Labute approximate surface area is 232 Å². The summed E-state index contributed by atoms with van der Waals surface area (Å²) in [6.07, 6.45) is 7.28. The summed E-state index contributed by atoms with van der Waals surface area (Å²) in [7, 11) is -1.90. The van der Waals surface area contributed by atoms with E-state index in [1.54, 1.807) is 0 Å². The Balaban J connectivity index is 1.81. The van der Waals surface area contributed by atoms with Gasteiger partial charge in [0.1, 0.15) is 0 Å². The molecule has 1 heterocycles. The van der Waals surface area contributed by atoms with E-state index in [1.165, 1.54) is 16.7 Å². The molecule has 0 radical (unpaired) electrons. The minimum atomic E-state index is -1.90. The third kappa shape index (κ3) is 8.04. The topological polar surface area (TPSA) is 53.3 Å². The number of benzene rings is 2. The van der Waals surface area contributed by atoms with E-state index in [1.807, 2.05) is 6.07 Å². The summed E-state index contributed by atoms with van der Waals surface area (Å²) in [6.45, 7) is 14.6. The zero-order chi connectivity index (χ0) is 27.8. The van der Waals surface area contributed by atoms with Gasteiger partial charge in [-0.05, 0) is 67.4 Å². The van der Waals surface area contributed by atoms with Crippen LogP contribution in [0.15, 0.2) is 54.6 Å². The lowest BCUT2D eigenvalue weighted by Gasteiger charge is -2.40. The third-order valence-corrected chi connectivity index (χ3v) is 13.2. The molecule has 3 unspecified atom stereocenters. The largest absolute Gasteiger partial charge is 0.414 e. The van der Waals surface area contributed by atoms with Crippen molar-refractivity contribution >= 4 is 14.2 Å². The van der Waals surface area contributed by atoms with Crippen LogP contribution in [0.25, 0.3) is 11.1 Å². The molecular formula is C33H48N2O2Si. The van der Waals surface area contributed by atoms with Crippen molar-refractivity contribution in [3.05, 3.63) is 60.2 Å².